The maximum absolute atomic E-state index is 16.0. The second-order valence-electron chi connectivity index (χ2n) is 10.8. The molecule has 2 aromatic carbocycles. The monoisotopic (exact) mass is 613 g/mol. The number of pyridine rings is 1. The number of piperidine rings is 1. The number of hydrogen-bond donors (Lipinski definition) is 0. The van der Waals surface area contributed by atoms with E-state index in [4.69, 9.17) is 9.47 Å². The van der Waals surface area contributed by atoms with Gasteiger partial charge in [-0.1, -0.05) is 36.4 Å². The lowest BCUT2D eigenvalue weighted by atomic mass is 9.98. The van der Waals surface area contributed by atoms with Gasteiger partial charge in [0.25, 0.3) is 0 Å². The molecule has 232 valence electrons. The first-order valence-corrected chi connectivity index (χ1v) is 14.3. The van der Waals surface area contributed by atoms with Crippen molar-refractivity contribution < 1.29 is 41.4 Å². The number of aromatic nitrogens is 1. The van der Waals surface area contributed by atoms with Gasteiger partial charge in [-0.05, 0) is 67.3 Å². The topological polar surface area (TPSA) is 89.0 Å². The minimum Gasteiger partial charge on any atom is -0.467 e. The van der Waals surface area contributed by atoms with Crippen molar-refractivity contribution in [2.45, 2.75) is 62.9 Å². The zero-order valence-electron chi connectivity index (χ0n) is 23.9. The van der Waals surface area contributed by atoms with Crippen molar-refractivity contribution in [3.63, 3.8) is 0 Å². The van der Waals surface area contributed by atoms with Crippen molar-refractivity contribution in [2.24, 2.45) is 0 Å². The van der Waals surface area contributed by atoms with Gasteiger partial charge in [-0.2, -0.15) is 13.2 Å². The molecule has 12 heteroatoms. The van der Waals surface area contributed by atoms with Crippen LogP contribution in [-0.2, 0) is 31.8 Å². The van der Waals surface area contributed by atoms with E-state index in [1.54, 1.807) is 36.4 Å². The molecule has 1 aromatic heterocycles. The Morgan fingerprint density at radius 2 is 1.80 bits per heavy atom. The number of anilines is 1. The number of halogens is 4. The summed E-state index contributed by atoms with van der Waals surface area (Å²) in [6, 6.07) is 8.96. The molecule has 0 N–H and O–H groups in total. The first-order chi connectivity index (χ1) is 21.1. The molecule has 2 heterocycles. The number of benzene rings is 2. The lowest BCUT2D eigenvalue weighted by Gasteiger charge is -2.40. The average Bonchev–Trinajstić information content (AvgIpc) is 3.88. The lowest BCUT2D eigenvalue weighted by Crippen LogP contribution is -2.55. The zero-order valence-corrected chi connectivity index (χ0v) is 23.9. The molecular formula is C32H31F4N3O5. The van der Waals surface area contributed by atoms with Gasteiger partial charge in [-0.15, -0.1) is 0 Å². The Balaban J connectivity index is 1.67. The third kappa shape index (κ3) is 6.68. The second-order valence-corrected chi connectivity index (χ2v) is 10.8. The molecule has 0 radical (unpaired) electrons. The number of methoxy groups -OCH3 is 1. The predicted molar refractivity (Wildman–Crippen MR) is 151 cm³/mol. The van der Waals surface area contributed by atoms with Crippen molar-refractivity contribution in [1.82, 2.24) is 9.88 Å². The number of carbonyl (C=O) groups excluding carboxylic acids is 3. The first kappa shape index (κ1) is 31.0. The summed E-state index contributed by atoms with van der Waals surface area (Å²) in [5.41, 5.74) is -1.17. The number of amides is 2. The van der Waals surface area contributed by atoms with Crippen molar-refractivity contribution in [2.75, 3.05) is 18.6 Å². The summed E-state index contributed by atoms with van der Waals surface area (Å²) in [7, 11) is 1.16. The minimum atomic E-state index is -4.96. The molecule has 2 aliphatic rings. The molecule has 0 spiro atoms. The molecule has 2 atom stereocenters. The van der Waals surface area contributed by atoms with Crippen molar-refractivity contribution in [3.8, 4) is 0 Å². The number of urea groups is 1. The molecule has 5 rings (SSSR count). The average molecular weight is 614 g/mol. The van der Waals surface area contributed by atoms with Gasteiger partial charge < -0.3 is 14.4 Å². The van der Waals surface area contributed by atoms with E-state index < -0.39 is 58.9 Å². The number of nitrogens with zero attached hydrogens (tertiary/aromatic N) is 3. The Hall–Kier alpha value is -4.48. The van der Waals surface area contributed by atoms with Crippen molar-refractivity contribution in [3.05, 3.63) is 95.1 Å². The molecule has 8 nitrogen and oxygen atoms in total. The molecule has 2 amide bonds. The fourth-order valence-electron chi connectivity index (χ4n) is 5.48. The van der Waals surface area contributed by atoms with Gasteiger partial charge in [0.1, 0.15) is 18.5 Å². The van der Waals surface area contributed by atoms with Gasteiger partial charge >= 0.3 is 24.1 Å². The van der Waals surface area contributed by atoms with E-state index >= 15 is 4.39 Å². The number of ether oxygens (including phenoxy) is 2. The SMILES string of the molecule is COC(=O)[C@H]1CCCCN1C(=O)N(c1ccc(C2CC2)cc1F)C(C(=O)OCc1ccccc1)c1cnccc1C(F)(F)F. The second kappa shape index (κ2) is 13.0. The number of likely N-dealkylation sites (tertiary alicyclic amines) is 1. The summed E-state index contributed by atoms with van der Waals surface area (Å²) in [5, 5.41) is 0. The predicted octanol–water partition coefficient (Wildman–Crippen LogP) is 6.56. The van der Waals surface area contributed by atoms with Crippen LogP contribution >= 0.6 is 0 Å². The van der Waals surface area contributed by atoms with Crippen LogP contribution in [0.1, 0.15) is 66.3 Å². The molecule has 44 heavy (non-hydrogen) atoms. The van der Waals surface area contributed by atoms with Gasteiger partial charge in [-0.25, -0.2) is 18.8 Å². The molecule has 0 bridgehead atoms. The number of esters is 2. The van der Waals surface area contributed by atoms with E-state index in [2.05, 4.69) is 4.98 Å². The van der Waals surface area contributed by atoms with Crippen LogP contribution in [0, 0.1) is 5.82 Å². The highest BCUT2D eigenvalue weighted by Crippen LogP contribution is 2.43. The molecule has 1 aliphatic heterocycles. The van der Waals surface area contributed by atoms with E-state index in [9.17, 15) is 27.6 Å². The van der Waals surface area contributed by atoms with Crippen LogP contribution in [0.4, 0.5) is 28.0 Å². The summed E-state index contributed by atoms with van der Waals surface area (Å²) in [4.78, 5) is 46.7. The highest BCUT2D eigenvalue weighted by atomic mass is 19.4. The number of rotatable bonds is 8. The van der Waals surface area contributed by atoms with Gasteiger partial charge in [0.05, 0.1) is 18.4 Å². The fourth-order valence-corrected chi connectivity index (χ4v) is 5.48. The van der Waals surface area contributed by atoms with E-state index in [1.165, 1.54) is 12.1 Å². The highest BCUT2D eigenvalue weighted by molar-refractivity contribution is 6.01. The fraction of sp³-hybridized carbons (Fsp3) is 0.375. The molecule has 3 aromatic rings. The molecule has 1 saturated heterocycles. The molecular weight excluding hydrogens is 582 g/mol. The Labute approximate surface area is 251 Å². The Kier molecular flexibility index (Phi) is 9.17. The molecule has 2 fully saturated rings. The Morgan fingerprint density at radius 1 is 1.05 bits per heavy atom. The third-order valence-electron chi connectivity index (χ3n) is 7.87. The van der Waals surface area contributed by atoms with Gasteiger partial charge in [0.15, 0.2) is 6.04 Å². The first-order valence-electron chi connectivity index (χ1n) is 14.3. The summed E-state index contributed by atoms with van der Waals surface area (Å²) >= 11 is 0. The quantitative estimate of drug-likeness (QED) is 0.211. The number of alkyl halides is 3. The van der Waals surface area contributed by atoms with Gasteiger partial charge in [-0.3, -0.25) is 9.88 Å². The summed E-state index contributed by atoms with van der Waals surface area (Å²) in [6.07, 6.45) is -0.241. The summed E-state index contributed by atoms with van der Waals surface area (Å²) < 4.78 is 69.4. The maximum Gasteiger partial charge on any atom is 0.416 e. The minimum absolute atomic E-state index is 0.0296. The van der Waals surface area contributed by atoms with E-state index in [-0.39, 0.29) is 25.5 Å². The van der Waals surface area contributed by atoms with Crippen LogP contribution in [-0.4, -0.2) is 47.6 Å². The van der Waals surface area contributed by atoms with Crippen molar-refractivity contribution in [1.29, 1.82) is 0 Å². The summed E-state index contributed by atoms with van der Waals surface area (Å²) in [5.74, 6) is -2.75. The smallest absolute Gasteiger partial charge is 0.416 e. The highest BCUT2D eigenvalue weighted by Gasteiger charge is 2.46. The van der Waals surface area contributed by atoms with Crippen LogP contribution in [0.15, 0.2) is 67.0 Å². The Bertz CT molecular complexity index is 1510. The molecule has 1 unspecified atom stereocenters. The molecule has 1 saturated carbocycles. The third-order valence-corrected chi connectivity index (χ3v) is 7.87. The van der Waals surface area contributed by atoms with Gasteiger partial charge in [0.2, 0.25) is 0 Å². The summed E-state index contributed by atoms with van der Waals surface area (Å²) in [6.45, 7) is -0.292. The van der Waals surface area contributed by atoms with E-state index in [0.717, 1.165) is 37.2 Å². The number of hydrogen-bond acceptors (Lipinski definition) is 6. The van der Waals surface area contributed by atoms with Crippen molar-refractivity contribution >= 4 is 23.7 Å². The van der Waals surface area contributed by atoms with E-state index in [0.29, 0.717) is 34.9 Å². The standard InChI is InChI=1S/C32H31F4N3O5/c1-43-29(40)27-9-5-6-16-38(27)31(42)39(26-13-12-22(17-25(26)33)21-10-11-21)28(23-18-37-15-14-24(23)32(34,35)36)30(41)44-19-20-7-3-2-4-8-20/h2-4,7-8,12-15,17-18,21,27-28H,5-6,9-11,16,19H2,1H3/t27-,28?/m1/s1. The largest absolute Gasteiger partial charge is 0.467 e. The van der Waals surface area contributed by atoms with Crippen LogP contribution in [0.2, 0.25) is 0 Å². The van der Waals surface area contributed by atoms with Crippen LogP contribution in [0.3, 0.4) is 0 Å². The van der Waals surface area contributed by atoms with E-state index in [1.807, 2.05) is 0 Å². The number of carbonyl (C=O) groups is 3. The zero-order chi connectivity index (χ0) is 31.4. The van der Waals surface area contributed by atoms with Crippen LogP contribution in [0.5, 0.6) is 0 Å². The normalized spacial score (nSPS) is 17.5. The van der Waals surface area contributed by atoms with Gasteiger partial charge in [0, 0.05) is 24.5 Å². The molecule has 1 aliphatic carbocycles. The van der Waals surface area contributed by atoms with Crippen LogP contribution in [0.25, 0.3) is 0 Å². The van der Waals surface area contributed by atoms with Crippen LogP contribution < -0.4 is 4.90 Å². The Morgan fingerprint density at radius 3 is 2.45 bits per heavy atom. The maximum atomic E-state index is 16.0. The lowest BCUT2D eigenvalue weighted by molar-refractivity contribution is -0.147.